The number of rotatable bonds is 4. The first-order valence-electron chi connectivity index (χ1n) is 6.20. The number of benzene rings is 1. The number of anilines is 1. The van der Waals surface area contributed by atoms with Crippen LogP contribution in [0.3, 0.4) is 0 Å². The van der Waals surface area contributed by atoms with E-state index < -0.39 is 17.7 Å². The third-order valence-corrected chi connectivity index (χ3v) is 3.43. The van der Waals surface area contributed by atoms with Crippen molar-refractivity contribution < 1.29 is 14.7 Å². The van der Waals surface area contributed by atoms with Gasteiger partial charge < -0.3 is 10.8 Å². The molecule has 0 aliphatic carbocycles. The molecule has 1 aromatic carbocycles. The van der Waals surface area contributed by atoms with Crippen LogP contribution >= 0.6 is 11.6 Å². The van der Waals surface area contributed by atoms with Crippen molar-refractivity contribution in [2.45, 2.75) is 12.8 Å². The Kier molecular flexibility index (Phi) is 4.23. The van der Waals surface area contributed by atoms with E-state index in [0.717, 1.165) is 0 Å². The van der Waals surface area contributed by atoms with Gasteiger partial charge in [-0.3, -0.25) is 9.59 Å². The molecule has 0 fully saturated rings. The Morgan fingerprint density at radius 3 is 2.52 bits per heavy atom. The molecule has 0 aliphatic rings. The second kappa shape index (κ2) is 5.93. The molecule has 3 N–H and O–H groups in total. The predicted molar refractivity (Wildman–Crippen MR) is 79.6 cm³/mol. The number of pyridine rings is 1. The highest BCUT2D eigenvalue weighted by atomic mass is 35.5. The Hall–Kier alpha value is -2.40. The quantitative estimate of drug-likeness (QED) is 0.847. The van der Waals surface area contributed by atoms with E-state index in [9.17, 15) is 9.59 Å². The number of hydrogen-bond acceptors (Lipinski definition) is 4. The Morgan fingerprint density at radius 2 is 1.90 bits per heavy atom. The maximum Gasteiger partial charge on any atom is 0.312 e. The van der Waals surface area contributed by atoms with Crippen molar-refractivity contribution in [2.24, 2.45) is 0 Å². The standard InChI is InChI=1S/C15H13ClN2O3/c1-8(15(20)21)12-7-6-11(17)13(18-12)14(19)9-4-2-3-5-10(9)16/h2-8H,17H2,1H3,(H,20,21). The summed E-state index contributed by atoms with van der Waals surface area (Å²) >= 11 is 5.99. The zero-order valence-electron chi connectivity index (χ0n) is 11.2. The average Bonchev–Trinajstić information content (AvgIpc) is 2.46. The van der Waals surface area contributed by atoms with Crippen molar-refractivity contribution in [2.75, 3.05) is 5.73 Å². The van der Waals surface area contributed by atoms with Crippen molar-refractivity contribution in [1.82, 2.24) is 4.98 Å². The normalized spacial score (nSPS) is 11.9. The van der Waals surface area contributed by atoms with Crippen molar-refractivity contribution in [3.05, 3.63) is 58.4 Å². The fraction of sp³-hybridized carbons (Fsp3) is 0.133. The summed E-state index contributed by atoms with van der Waals surface area (Å²) in [5, 5.41) is 9.31. The minimum atomic E-state index is -1.02. The molecule has 0 radical (unpaired) electrons. The molecule has 6 heteroatoms. The molecule has 1 unspecified atom stereocenters. The van der Waals surface area contributed by atoms with Gasteiger partial charge in [-0.05, 0) is 31.2 Å². The Labute approximate surface area is 126 Å². The summed E-state index contributed by atoms with van der Waals surface area (Å²) in [6, 6.07) is 9.52. The molecule has 0 aliphatic heterocycles. The number of nitrogen functional groups attached to an aromatic ring is 1. The average molecular weight is 305 g/mol. The van der Waals surface area contributed by atoms with Gasteiger partial charge in [0, 0.05) is 5.56 Å². The lowest BCUT2D eigenvalue weighted by atomic mass is 10.0. The van der Waals surface area contributed by atoms with E-state index in [1.807, 2.05) is 0 Å². The highest BCUT2D eigenvalue weighted by molar-refractivity contribution is 6.35. The van der Waals surface area contributed by atoms with Crippen molar-refractivity contribution in [1.29, 1.82) is 0 Å². The van der Waals surface area contributed by atoms with Gasteiger partial charge in [0.1, 0.15) is 5.69 Å². The highest BCUT2D eigenvalue weighted by Crippen LogP contribution is 2.23. The van der Waals surface area contributed by atoms with Gasteiger partial charge in [-0.25, -0.2) is 4.98 Å². The van der Waals surface area contributed by atoms with Crippen molar-refractivity contribution in [3.8, 4) is 0 Å². The van der Waals surface area contributed by atoms with Gasteiger partial charge in [-0.15, -0.1) is 0 Å². The number of nitrogens with two attached hydrogens (primary N) is 1. The minimum absolute atomic E-state index is 0.00806. The first kappa shape index (κ1) is 15.0. The number of carbonyl (C=O) groups is 2. The second-order valence-corrected chi connectivity index (χ2v) is 4.95. The van der Waals surface area contributed by atoms with Crippen molar-refractivity contribution in [3.63, 3.8) is 0 Å². The van der Waals surface area contributed by atoms with E-state index in [1.54, 1.807) is 24.3 Å². The summed E-state index contributed by atoms with van der Waals surface area (Å²) < 4.78 is 0. The van der Waals surface area contributed by atoms with E-state index in [-0.39, 0.29) is 22.6 Å². The van der Waals surface area contributed by atoms with Gasteiger partial charge in [0.05, 0.1) is 22.3 Å². The summed E-state index contributed by atoms with van der Waals surface area (Å²) in [4.78, 5) is 27.6. The molecule has 0 amide bonds. The van der Waals surface area contributed by atoms with Crippen LogP contribution in [0.1, 0.15) is 34.6 Å². The third kappa shape index (κ3) is 3.03. The van der Waals surface area contributed by atoms with E-state index >= 15 is 0 Å². The van der Waals surface area contributed by atoms with Crippen LogP contribution < -0.4 is 5.73 Å². The molecule has 1 aromatic heterocycles. The number of halogens is 1. The lowest BCUT2D eigenvalue weighted by molar-refractivity contribution is -0.138. The molecule has 2 rings (SSSR count). The van der Waals surface area contributed by atoms with Gasteiger partial charge in [-0.2, -0.15) is 0 Å². The summed E-state index contributed by atoms with van der Waals surface area (Å²) in [6.45, 7) is 1.49. The number of nitrogens with zero attached hydrogens (tertiary/aromatic N) is 1. The van der Waals surface area contributed by atoms with Gasteiger partial charge in [-0.1, -0.05) is 23.7 Å². The molecule has 0 saturated heterocycles. The first-order chi connectivity index (χ1) is 9.91. The smallest absolute Gasteiger partial charge is 0.312 e. The number of aliphatic carboxylic acids is 1. The van der Waals surface area contributed by atoms with Crippen LogP contribution in [0.4, 0.5) is 5.69 Å². The van der Waals surface area contributed by atoms with Crippen LogP contribution in [0.5, 0.6) is 0 Å². The molecule has 2 aromatic rings. The molecule has 1 heterocycles. The second-order valence-electron chi connectivity index (χ2n) is 4.54. The number of ketones is 1. The monoisotopic (exact) mass is 304 g/mol. The number of hydrogen-bond donors (Lipinski definition) is 2. The van der Waals surface area contributed by atoms with Crippen LogP contribution in [-0.4, -0.2) is 21.8 Å². The zero-order chi connectivity index (χ0) is 15.6. The van der Waals surface area contributed by atoms with Crippen LogP contribution in [-0.2, 0) is 4.79 Å². The predicted octanol–water partition coefficient (Wildman–Crippen LogP) is 2.74. The maximum atomic E-state index is 12.5. The van der Waals surface area contributed by atoms with Gasteiger partial charge in [0.15, 0.2) is 0 Å². The SMILES string of the molecule is CC(C(=O)O)c1ccc(N)c(C(=O)c2ccccc2Cl)n1. The van der Waals surface area contributed by atoms with Gasteiger partial charge >= 0.3 is 5.97 Å². The van der Waals surface area contributed by atoms with Crippen LogP contribution in [0.2, 0.25) is 5.02 Å². The fourth-order valence-electron chi connectivity index (χ4n) is 1.81. The molecule has 108 valence electrons. The van der Waals surface area contributed by atoms with Crippen LogP contribution in [0.15, 0.2) is 36.4 Å². The molecule has 21 heavy (non-hydrogen) atoms. The van der Waals surface area contributed by atoms with Crippen LogP contribution in [0.25, 0.3) is 0 Å². The Bertz CT molecular complexity index is 716. The molecular formula is C15H13ClN2O3. The van der Waals surface area contributed by atoms with E-state index in [1.165, 1.54) is 19.1 Å². The van der Waals surface area contributed by atoms with Crippen LogP contribution in [0, 0.1) is 0 Å². The fourth-order valence-corrected chi connectivity index (χ4v) is 2.03. The molecule has 0 spiro atoms. The van der Waals surface area contributed by atoms with E-state index in [0.29, 0.717) is 5.02 Å². The number of carboxylic acid groups (broad SMARTS) is 1. The van der Waals surface area contributed by atoms with E-state index in [4.69, 9.17) is 22.4 Å². The van der Waals surface area contributed by atoms with E-state index in [2.05, 4.69) is 4.98 Å². The molecule has 0 saturated carbocycles. The maximum absolute atomic E-state index is 12.5. The molecule has 1 atom stereocenters. The first-order valence-corrected chi connectivity index (χ1v) is 6.58. The molecule has 5 nitrogen and oxygen atoms in total. The summed E-state index contributed by atoms with van der Waals surface area (Å²) in [5.41, 5.74) is 6.52. The summed E-state index contributed by atoms with van der Waals surface area (Å²) in [7, 11) is 0. The largest absolute Gasteiger partial charge is 0.481 e. The Morgan fingerprint density at radius 1 is 1.24 bits per heavy atom. The lowest BCUT2D eigenvalue weighted by Gasteiger charge is -2.10. The van der Waals surface area contributed by atoms with Gasteiger partial charge in [0.25, 0.3) is 0 Å². The van der Waals surface area contributed by atoms with Gasteiger partial charge in [0.2, 0.25) is 5.78 Å². The third-order valence-electron chi connectivity index (χ3n) is 3.10. The topological polar surface area (TPSA) is 93.3 Å². The lowest BCUT2D eigenvalue weighted by Crippen LogP contribution is -2.14. The number of carboxylic acids is 1. The highest BCUT2D eigenvalue weighted by Gasteiger charge is 2.21. The Balaban J connectivity index is 2.49. The summed E-state index contributed by atoms with van der Waals surface area (Å²) in [6.07, 6.45) is 0. The van der Waals surface area contributed by atoms with Crippen molar-refractivity contribution >= 4 is 29.0 Å². The number of carbonyl (C=O) groups excluding carboxylic acids is 1. The summed E-state index contributed by atoms with van der Waals surface area (Å²) in [5.74, 6) is -2.29. The number of aromatic nitrogens is 1. The zero-order valence-corrected chi connectivity index (χ0v) is 12.0. The molecule has 0 bridgehead atoms. The molecular weight excluding hydrogens is 292 g/mol. The minimum Gasteiger partial charge on any atom is -0.481 e.